The fraction of sp³-hybridized carbons (Fsp3) is 0.500. The Labute approximate surface area is 103 Å². The van der Waals surface area contributed by atoms with E-state index < -0.39 is 5.60 Å². The SMILES string of the molecule is CCOC(=O)C(CC)(CC)Oc1ccccc1. The predicted molar refractivity (Wildman–Crippen MR) is 67.0 cm³/mol. The van der Waals surface area contributed by atoms with Gasteiger partial charge >= 0.3 is 5.97 Å². The minimum absolute atomic E-state index is 0.283. The quantitative estimate of drug-likeness (QED) is 0.711. The van der Waals surface area contributed by atoms with E-state index in [4.69, 9.17) is 9.47 Å². The van der Waals surface area contributed by atoms with Gasteiger partial charge in [0, 0.05) is 0 Å². The van der Waals surface area contributed by atoms with Crippen LogP contribution in [0.1, 0.15) is 33.6 Å². The number of hydrogen-bond acceptors (Lipinski definition) is 3. The Kier molecular flexibility index (Phi) is 5.01. The van der Waals surface area contributed by atoms with E-state index in [2.05, 4.69) is 0 Å². The predicted octanol–water partition coefficient (Wildman–Crippen LogP) is 3.19. The molecule has 1 aromatic rings. The molecule has 0 aliphatic rings. The van der Waals surface area contributed by atoms with Gasteiger partial charge in [0.15, 0.2) is 0 Å². The van der Waals surface area contributed by atoms with Crippen LogP contribution in [0.15, 0.2) is 30.3 Å². The summed E-state index contributed by atoms with van der Waals surface area (Å²) >= 11 is 0. The molecule has 0 radical (unpaired) electrons. The lowest BCUT2D eigenvalue weighted by atomic mass is 9.97. The van der Waals surface area contributed by atoms with E-state index in [0.717, 1.165) is 0 Å². The molecule has 0 N–H and O–H groups in total. The average molecular weight is 236 g/mol. The number of rotatable bonds is 6. The first kappa shape index (κ1) is 13.6. The Morgan fingerprint density at radius 1 is 1.12 bits per heavy atom. The van der Waals surface area contributed by atoms with Crippen LogP contribution in [-0.4, -0.2) is 18.2 Å². The second-order valence-corrected chi connectivity index (χ2v) is 3.84. The highest BCUT2D eigenvalue weighted by Crippen LogP contribution is 2.25. The largest absolute Gasteiger partial charge is 0.476 e. The van der Waals surface area contributed by atoms with Gasteiger partial charge in [-0.2, -0.15) is 0 Å². The van der Waals surface area contributed by atoms with E-state index in [0.29, 0.717) is 25.2 Å². The van der Waals surface area contributed by atoms with E-state index in [9.17, 15) is 4.79 Å². The zero-order valence-corrected chi connectivity index (χ0v) is 10.7. The number of para-hydroxylation sites is 1. The lowest BCUT2D eigenvalue weighted by molar-refractivity contribution is -0.162. The molecule has 3 nitrogen and oxygen atoms in total. The molecule has 0 amide bonds. The standard InChI is InChI=1S/C14H20O3/c1-4-14(5-2,13(15)16-6-3)17-12-10-8-7-9-11-12/h7-11H,4-6H2,1-3H3. The highest BCUT2D eigenvalue weighted by molar-refractivity contribution is 5.80. The Hall–Kier alpha value is -1.51. The molecule has 17 heavy (non-hydrogen) atoms. The lowest BCUT2D eigenvalue weighted by Gasteiger charge is -2.30. The van der Waals surface area contributed by atoms with Gasteiger partial charge in [-0.1, -0.05) is 32.0 Å². The van der Waals surface area contributed by atoms with Crippen LogP contribution >= 0.6 is 0 Å². The molecule has 0 heterocycles. The maximum Gasteiger partial charge on any atom is 0.350 e. The van der Waals surface area contributed by atoms with Crippen LogP contribution in [0.25, 0.3) is 0 Å². The number of hydrogen-bond donors (Lipinski definition) is 0. The van der Waals surface area contributed by atoms with Crippen molar-refractivity contribution in [1.29, 1.82) is 0 Å². The molecule has 0 atom stereocenters. The third-order valence-electron chi connectivity index (χ3n) is 2.85. The van der Waals surface area contributed by atoms with Crippen molar-refractivity contribution in [2.75, 3.05) is 6.61 Å². The summed E-state index contributed by atoms with van der Waals surface area (Å²) in [6.45, 7) is 6.04. The molecule has 0 spiro atoms. The first-order valence-corrected chi connectivity index (χ1v) is 6.09. The first-order chi connectivity index (χ1) is 8.18. The average Bonchev–Trinajstić information content (AvgIpc) is 2.37. The van der Waals surface area contributed by atoms with Crippen molar-refractivity contribution < 1.29 is 14.3 Å². The third-order valence-corrected chi connectivity index (χ3v) is 2.85. The van der Waals surface area contributed by atoms with E-state index in [1.54, 1.807) is 6.92 Å². The van der Waals surface area contributed by atoms with Gasteiger partial charge in [-0.3, -0.25) is 0 Å². The molecule has 1 aromatic carbocycles. The second-order valence-electron chi connectivity index (χ2n) is 3.84. The number of ether oxygens (including phenoxy) is 2. The molecule has 0 saturated heterocycles. The van der Waals surface area contributed by atoms with Crippen molar-refractivity contribution in [2.45, 2.75) is 39.2 Å². The Bertz CT molecular complexity index is 342. The molecule has 0 bridgehead atoms. The van der Waals surface area contributed by atoms with Crippen molar-refractivity contribution in [1.82, 2.24) is 0 Å². The zero-order valence-electron chi connectivity index (χ0n) is 10.7. The zero-order chi connectivity index (χ0) is 12.7. The molecular weight excluding hydrogens is 216 g/mol. The van der Waals surface area contributed by atoms with E-state index in [1.165, 1.54) is 0 Å². The number of benzene rings is 1. The normalized spacial score (nSPS) is 11.0. The fourth-order valence-electron chi connectivity index (χ4n) is 1.70. The topological polar surface area (TPSA) is 35.5 Å². The smallest absolute Gasteiger partial charge is 0.350 e. The monoisotopic (exact) mass is 236 g/mol. The lowest BCUT2D eigenvalue weighted by Crippen LogP contribution is -2.44. The van der Waals surface area contributed by atoms with Gasteiger partial charge < -0.3 is 9.47 Å². The van der Waals surface area contributed by atoms with Crippen molar-refractivity contribution in [2.24, 2.45) is 0 Å². The summed E-state index contributed by atoms with van der Waals surface area (Å²) in [6, 6.07) is 9.38. The van der Waals surface area contributed by atoms with E-state index >= 15 is 0 Å². The van der Waals surface area contributed by atoms with Gasteiger partial charge in [0.1, 0.15) is 5.75 Å². The number of carbonyl (C=O) groups excluding carboxylic acids is 1. The Morgan fingerprint density at radius 2 is 1.71 bits per heavy atom. The van der Waals surface area contributed by atoms with Crippen LogP contribution in [0, 0.1) is 0 Å². The second kappa shape index (κ2) is 6.28. The summed E-state index contributed by atoms with van der Waals surface area (Å²) in [5.74, 6) is 0.415. The minimum atomic E-state index is -0.864. The summed E-state index contributed by atoms with van der Waals surface area (Å²) < 4.78 is 10.9. The molecule has 94 valence electrons. The van der Waals surface area contributed by atoms with Crippen molar-refractivity contribution >= 4 is 5.97 Å². The van der Waals surface area contributed by atoms with Gasteiger partial charge in [-0.25, -0.2) is 4.79 Å². The fourth-order valence-corrected chi connectivity index (χ4v) is 1.70. The molecule has 0 aliphatic heterocycles. The minimum Gasteiger partial charge on any atom is -0.476 e. The third kappa shape index (κ3) is 3.22. The molecule has 3 heteroatoms. The Balaban J connectivity index is 2.88. The number of esters is 1. The van der Waals surface area contributed by atoms with Crippen molar-refractivity contribution in [3.63, 3.8) is 0 Å². The highest BCUT2D eigenvalue weighted by Gasteiger charge is 2.38. The highest BCUT2D eigenvalue weighted by atomic mass is 16.6. The molecule has 0 aromatic heterocycles. The van der Waals surface area contributed by atoms with Crippen LogP contribution in [0.3, 0.4) is 0 Å². The van der Waals surface area contributed by atoms with Crippen LogP contribution in [0.4, 0.5) is 0 Å². The van der Waals surface area contributed by atoms with E-state index in [1.807, 2.05) is 44.2 Å². The molecular formula is C14H20O3. The van der Waals surface area contributed by atoms with E-state index in [-0.39, 0.29) is 5.97 Å². The molecule has 1 rings (SSSR count). The molecule has 0 unspecified atom stereocenters. The Morgan fingerprint density at radius 3 is 2.18 bits per heavy atom. The van der Waals surface area contributed by atoms with Gasteiger partial charge in [0.2, 0.25) is 5.60 Å². The first-order valence-electron chi connectivity index (χ1n) is 6.09. The number of carbonyl (C=O) groups is 1. The van der Waals surface area contributed by atoms with Gasteiger partial charge in [0.05, 0.1) is 6.61 Å². The summed E-state index contributed by atoms with van der Waals surface area (Å²) in [4.78, 5) is 12.0. The van der Waals surface area contributed by atoms with Gasteiger partial charge in [-0.15, -0.1) is 0 Å². The van der Waals surface area contributed by atoms with Gasteiger partial charge in [0.25, 0.3) is 0 Å². The van der Waals surface area contributed by atoms with Crippen LogP contribution in [0.2, 0.25) is 0 Å². The maximum absolute atomic E-state index is 12.0. The van der Waals surface area contributed by atoms with Crippen LogP contribution in [0.5, 0.6) is 5.75 Å². The van der Waals surface area contributed by atoms with Crippen LogP contribution in [-0.2, 0) is 9.53 Å². The maximum atomic E-state index is 12.0. The molecule has 0 fully saturated rings. The molecule has 0 saturated carbocycles. The van der Waals surface area contributed by atoms with Crippen molar-refractivity contribution in [3.05, 3.63) is 30.3 Å². The summed E-state index contributed by atoms with van der Waals surface area (Å²) in [6.07, 6.45) is 1.19. The van der Waals surface area contributed by atoms with Gasteiger partial charge in [-0.05, 0) is 31.9 Å². The molecule has 0 aliphatic carbocycles. The summed E-state index contributed by atoms with van der Waals surface area (Å²) in [5, 5.41) is 0. The van der Waals surface area contributed by atoms with Crippen molar-refractivity contribution in [3.8, 4) is 5.75 Å². The van der Waals surface area contributed by atoms with Crippen LogP contribution < -0.4 is 4.74 Å². The summed E-state index contributed by atoms with van der Waals surface area (Å²) in [5.41, 5.74) is -0.864. The summed E-state index contributed by atoms with van der Waals surface area (Å²) in [7, 11) is 0.